The minimum Gasteiger partial charge on any atom is -0.279 e. The third-order valence-corrected chi connectivity index (χ3v) is 6.55. The molecule has 3 nitrogen and oxygen atoms in total. The van der Waals surface area contributed by atoms with Crippen molar-refractivity contribution in [2.45, 2.75) is 6.92 Å². The van der Waals surface area contributed by atoms with Crippen molar-refractivity contribution < 1.29 is 0 Å². The molecule has 4 aromatic carbocycles. The predicted octanol–water partition coefficient (Wildman–Crippen LogP) is 3.57. The molecule has 4 heteroatoms. The van der Waals surface area contributed by atoms with Crippen molar-refractivity contribution in [3.05, 3.63) is 96.6 Å². The van der Waals surface area contributed by atoms with Crippen LogP contribution in [0.15, 0.2) is 91.0 Å². The lowest BCUT2D eigenvalue weighted by Crippen LogP contribution is -2.56. The van der Waals surface area contributed by atoms with Crippen LogP contribution < -0.4 is 16.4 Å². The quantitative estimate of drug-likeness (QED) is 0.398. The summed E-state index contributed by atoms with van der Waals surface area (Å²) in [6.07, 6.45) is 0. The molecule has 140 valence electrons. The highest BCUT2D eigenvalue weighted by Gasteiger charge is 2.34. The van der Waals surface area contributed by atoms with E-state index in [0.717, 1.165) is 16.8 Å². The largest absolute Gasteiger partial charge is 0.279 e. The number of fused-ring (bicyclic) bond motifs is 7. The number of hydrogen-bond donors (Lipinski definition) is 0. The van der Waals surface area contributed by atoms with Crippen LogP contribution in [0, 0.1) is 6.92 Å². The molecular formula is C26H18BN3. The molecule has 0 spiro atoms. The third kappa shape index (κ3) is 1.88. The average molecular weight is 383 g/mol. The number of benzene rings is 4. The van der Waals surface area contributed by atoms with Gasteiger partial charge in [-0.25, -0.2) is 4.98 Å². The third-order valence-electron chi connectivity index (χ3n) is 6.55. The lowest BCUT2D eigenvalue weighted by atomic mass is 9.35. The van der Waals surface area contributed by atoms with E-state index in [9.17, 15) is 0 Å². The van der Waals surface area contributed by atoms with Crippen LogP contribution in [0.1, 0.15) is 5.56 Å². The number of para-hydroxylation sites is 4. The maximum atomic E-state index is 5.04. The molecule has 0 saturated carbocycles. The van der Waals surface area contributed by atoms with E-state index in [1.807, 2.05) is 0 Å². The average Bonchev–Trinajstić information content (AvgIpc) is 3.31. The highest BCUT2D eigenvalue weighted by molar-refractivity contribution is 6.98. The maximum Gasteiger partial charge on any atom is 0.247 e. The minimum absolute atomic E-state index is 0.212. The Morgan fingerprint density at radius 3 is 2.27 bits per heavy atom. The van der Waals surface area contributed by atoms with Gasteiger partial charge in [0, 0.05) is 5.69 Å². The fraction of sp³-hybridized carbons (Fsp3) is 0.0385. The van der Waals surface area contributed by atoms with Crippen molar-refractivity contribution in [1.29, 1.82) is 0 Å². The first kappa shape index (κ1) is 16.1. The van der Waals surface area contributed by atoms with Gasteiger partial charge in [-0.3, -0.25) is 8.97 Å². The molecular weight excluding hydrogens is 365 g/mol. The van der Waals surface area contributed by atoms with E-state index in [1.54, 1.807) is 0 Å². The highest BCUT2D eigenvalue weighted by atomic mass is 15.2. The van der Waals surface area contributed by atoms with Gasteiger partial charge in [0.15, 0.2) is 0 Å². The molecule has 2 aromatic heterocycles. The van der Waals surface area contributed by atoms with Crippen molar-refractivity contribution in [2.75, 3.05) is 0 Å². The van der Waals surface area contributed by atoms with Crippen molar-refractivity contribution in [1.82, 2.24) is 14.0 Å². The predicted molar refractivity (Wildman–Crippen MR) is 125 cm³/mol. The summed E-state index contributed by atoms with van der Waals surface area (Å²) in [5.74, 6) is 0.981. The van der Waals surface area contributed by atoms with Crippen LogP contribution in [0.5, 0.6) is 0 Å². The van der Waals surface area contributed by atoms with Gasteiger partial charge in [0.05, 0.1) is 22.1 Å². The second-order valence-electron chi connectivity index (χ2n) is 8.13. The molecule has 0 aliphatic carbocycles. The van der Waals surface area contributed by atoms with Gasteiger partial charge >= 0.3 is 0 Å². The van der Waals surface area contributed by atoms with E-state index < -0.39 is 0 Å². The minimum atomic E-state index is 0.212. The van der Waals surface area contributed by atoms with Gasteiger partial charge < -0.3 is 0 Å². The summed E-state index contributed by atoms with van der Waals surface area (Å²) in [6, 6.07) is 32.6. The SMILES string of the molecule is Cc1ccccc1B1c2ccccc2-n2c3c1cccc3n1c3ccccc3nc21. The van der Waals surface area contributed by atoms with Gasteiger partial charge in [-0.2, -0.15) is 0 Å². The lowest BCUT2D eigenvalue weighted by molar-refractivity contribution is 1.11. The fourth-order valence-electron chi connectivity index (χ4n) is 5.28. The fourth-order valence-corrected chi connectivity index (χ4v) is 5.28. The van der Waals surface area contributed by atoms with E-state index >= 15 is 0 Å². The molecule has 7 rings (SSSR count). The van der Waals surface area contributed by atoms with Crippen LogP contribution in [-0.4, -0.2) is 20.7 Å². The first-order chi connectivity index (χ1) is 14.8. The first-order valence-corrected chi connectivity index (χ1v) is 10.4. The summed E-state index contributed by atoms with van der Waals surface area (Å²) in [5.41, 5.74) is 11.2. The summed E-state index contributed by atoms with van der Waals surface area (Å²) >= 11 is 0. The van der Waals surface area contributed by atoms with Gasteiger partial charge in [-0.1, -0.05) is 77.8 Å². The monoisotopic (exact) mass is 383 g/mol. The van der Waals surface area contributed by atoms with Crippen molar-refractivity contribution in [2.24, 2.45) is 0 Å². The van der Waals surface area contributed by atoms with Crippen LogP contribution >= 0.6 is 0 Å². The van der Waals surface area contributed by atoms with Crippen LogP contribution in [0.3, 0.4) is 0 Å². The molecule has 0 saturated heterocycles. The summed E-state index contributed by atoms with van der Waals surface area (Å²) in [6.45, 7) is 2.43. The molecule has 0 fully saturated rings. The molecule has 0 radical (unpaired) electrons. The summed E-state index contributed by atoms with van der Waals surface area (Å²) in [4.78, 5) is 5.04. The van der Waals surface area contributed by atoms with E-state index in [-0.39, 0.29) is 6.71 Å². The molecule has 0 amide bonds. The number of rotatable bonds is 1. The zero-order valence-electron chi connectivity index (χ0n) is 16.6. The van der Waals surface area contributed by atoms with Gasteiger partial charge in [0.2, 0.25) is 12.5 Å². The number of aromatic nitrogens is 3. The van der Waals surface area contributed by atoms with Gasteiger partial charge in [0.1, 0.15) is 0 Å². The van der Waals surface area contributed by atoms with Crippen molar-refractivity contribution >= 4 is 50.9 Å². The molecule has 30 heavy (non-hydrogen) atoms. The second kappa shape index (κ2) is 5.64. The molecule has 0 N–H and O–H groups in total. The lowest BCUT2D eigenvalue weighted by Gasteiger charge is -2.26. The molecule has 0 bridgehead atoms. The molecule has 0 unspecified atom stereocenters. The van der Waals surface area contributed by atoms with Crippen molar-refractivity contribution in [3.8, 4) is 5.69 Å². The van der Waals surface area contributed by atoms with Crippen LogP contribution in [-0.2, 0) is 0 Å². The number of nitrogens with zero attached hydrogens (tertiary/aromatic N) is 3. The van der Waals surface area contributed by atoms with Gasteiger partial charge in [0.25, 0.3) is 0 Å². The van der Waals surface area contributed by atoms with Crippen molar-refractivity contribution in [3.63, 3.8) is 0 Å². The summed E-state index contributed by atoms with van der Waals surface area (Å²) < 4.78 is 4.67. The Morgan fingerprint density at radius 1 is 0.667 bits per heavy atom. The zero-order chi connectivity index (χ0) is 19.8. The topological polar surface area (TPSA) is 22.2 Å². The number of aryl methyl sites for hydroxylation is 1. The molecule has 3 heterocycles. The Morgan fingerprint density at radius 2 is 1.37 bits per heavy atom. The molecule has 6 aromatic rings. The number of hydrogen-bond acceptors (Lipinski definition) is 1. The number of imidazole rings is 2. The van der Waals surface area contributed by atoms with E-state index in [2.05, 4.69) is 107 Å². The van der Waals surface area contributed by atoms with E-state index in [1.165, 1.54) is 38.7 Å². The Hall–Kier alpha value is -3.79. The maximum absolute atomic E-state index is 5.04. The van der Waals surface area contributed by atoms with Crippen LogP contribution in [0.25, 0.3) is 33.5 Å². The van der Waals surface area contributed by atoms with Crippen LogP contribution in [0.4, 0.5) is 0 Å². The van der Waals surface area contributed by atoms with E-state index in [4.69, 9.17) is 4.98 Å². The molecule has 1 aliphatic rings. The molecule has 1 aliphatic heterocycles. The second-order valence-corrected chi connectivity index (χ2v) is 8.13. The standard InChI is InChI=1S/C26H18BN3/c1-17-9-2-3-10-18(17)27-19-11-4-6-14-22(19)30-25-20(27)12-8-16-24(25)29-23-15-7-5-13-21(23)28-26(29)30/h2-16H,1H3. The van der Waals surface area contributed by atoms with Gasteiger partial charge in [-0.05, 0) is 42.1 Å². The highest BCUT2D eigenvalue weighted by Crippen LogP contribution is 2.30. The Balaban J connectivity index is 1.72. The normalized spacial score (nSPS) is 12.8. The Kier molecular flexibility index (Phi) is 3.02. The van der Waals surface area contributed by atoms with Gasteiger partial charge in [-0.15, -0.1) is 0 Å². The molecule has 0 atom stereocenters. The Labute approximate surface area is 174 Å². The summed E-state index contributed by atoms with van der Waals surface area (Å²) in [7, 11) is 0. The first-order valence-electron chi connectivity index (χ1n) is 10.4. The zero-order valence-corrected chi connectivity index (χ0v) is 16.6. The Bertz CT molecular complexity index is 1620. The van der Waals surface area contributed by atoms with Crippen LogP contribution in [0.2, 0.25) is 0 Å². The van der Waals surface area contributed by atoms with E-state index in [0.29, 0.717) is 0 Å². The summed E-state index contributed by atoms with van der Waals surface area (Å²) in [5, 5.41) is 0. The smallest absolute Gasteiger partial charge is 0.247 e.